The lowest BCUT2D eigenvalue weighted by Gasteiger charge is -2.55. The van der Waals surface area contributed by atoms with Crippen LogP contribution < -0.4 is 5.32 Å². The Morgan fingerprint density at radius 3 is 2.46 bits per heavy atom. The van der Waals surface area contributed by atoms with Crippen LogP contribution in [0, 0.1) is 23.2 Å². The molecule has 1 heterocycles. The van der Waals surface area contributed by atoms with E-state index in [4.69, 9.17) is 4.98 Å². The third-order valence-corrected chi connectivity index (χ3v) is 7.47. The van der Waals surface area contributed by atoms with Crippen LogP contribution in [0.1, 0.15) is 44.3 Å². The fourth-order valence-corrected chi connectivity index (χ4v) is 6.78. The largest absolute Gasteiger partial charge is 0.355 e. The number of allylic oxidation sites excluding steroid dienone is 1. The highest BCUT2D eigenvalue weighted by molar-refractivity contribution is 9.11. The van der Waals surface area contributed by atoms with Crippen LogP contribution in [0.3, 0.4) is 0 Å². The van der Waals surface area contributed by atoms with Gasteiger partial charge >= 0.3 is 0 Å². The summed E-state index contributed by atoms with van der Waals surface area (Å²) in [5, 5.41) is 3.29. The Bertz CT molecular complexity index is 896. The van der Waals surface area contributed by atoms with E-state index in [-0.39, 0.29) is 5.41 Å². The van der Waals surface area contributed by atoms with Gasteiger partial charge in [-0.15, -0.1) is 0 Å². The number of halogens is 1. The summed E-state index contributed by atoms with van der Waals surface area (Å²) in [6.45, 7) is 5.34. The fourth-order valence-electron chi connectivity index (χ4n) is 6.53. The molecule has 28 heavy (non-hydrogen) atoms. The molecular weight excluding hydrogens is 414 g/mol. The number of nitrogens with zero attached hydrogens (tertiary/aromatic N) is 2. The molecule has 1 N–H and O–H groups in total. The van der Waals surface area contributed by atoms with Crippen molar-refractivity contribution in [2.24, 2.45) is 23.2 Å². The molecule has 0 radical (unpaired) electrons. The number of carbonyl (C=O) groups is 1. The molecule has 2 aromatic rings. The second kappa shape index (κ2) is 7.01. The standard InChI is InChI=1S/C23H28BrN3O/c1-15(24)14-27-20-5-3-2-4-19(20)26-21(27)6-7-25-22(28)23-11-16-8-17(12-23)10-18(9-16)13-23/h2-5,16-18H,1,6-14H2,(H,25,28). The average molecular weight is 442 g/mol. The number of hydrogen-bond donors (Lipinski definition) is 1. The molecule has 4 saturated carbocycles. The maximum atomic E-state index is 13.2. The predicted octanol–water partition coefficient (Wildman–Crippen LogP) is 4.82. The Kier molecular flexibility index (Phi) is 4.61. The van der Waals surface area contributed by atoms with E-state index in [1.54, 1.807) is 0 Å². The highest BCUT2D eigenvalue weighted by Crippen LogP contribution is 2.60. The lowest BCUT2D eigenvalue weighted by Crippen LogP contribution is -2.53. The van der Waals surface area contributed by atoms with E-state index >= 15 is 0 Å². The molecule has 1 aromatic heterocycles. The maximum absolute atomic E-state index is 13.2. The van der Waals surface area contributed by atoms with Gasteiger partial charge in [-0.1, -0.05) is 34.6 Å². The molecule has 4 fully saturated rings. The normalized spacial score (nSPS) is 30.7. The average Bonchev–Trinajstić information content (AvgIpc) is 2.97. The van der Waals surface area contributed by atoms with Gasteiger partial charge in [0.2, 0.25) is 5.91 Å². The summed E-state index contributed by atoms with van der Waals surface area (Å²) in [7, 11) is 0. The smallest absolute Gasteiger partial charge is 0.226 e. The SMILES string of the molecule is C=C(Br)Cn1c(CCNC(=O)C23CC4CC(CC(C4)C2)C3)nc2ccccc21. The predicted molar refractivity (Wildman–Crippen MR) is 115 cm³/mol. The number of imidazole rings is 1. The molecule has 6 rings (SSSR count). The maximum Gasteiger partial charge on any atom is 0.226 e. The first kappa shape index (κ1) is 18.4. The van der Waals surface area contributed by atoms with Crippen molar-refractivity contribution >= 4 is 32.9 Å². The summed E-state index contributed by atoms with van der Waals surface area (Å²) in [6.07, 6.45) is 8.20. The minimum absolute atomic E-state index is 0.0704. The first-order chi connectivity index (χ1) is 13.5. The topological polar surface area (TPSA) is 46.9 Å². The van der Waals surface area contributed by atoms with Crippen molar-refractivity contribution in [3.63, 3.8) is 0 Å². The molecule has 148 valence electrons. The molecule has 4 bridgehead atoms. The minimum Gasteiger partial charge on any atom is -0.355 e. The third kappa shape index (κ3) is 3.22. The van der Waals surface area contributed by atoms with Crippen LogP contribution in [-0.4, -0.2) is 22.0 Å². The summed E-state index contributed by atoms with van der Waals surface area (Å²) >= 11 is 3.48. The van der Waals surface area contributed by atoms with Gasteiger partial charge in [0.05, 0.1) is 17.6 Å². The fraction of sp³-hybridized carbons (Fsp3) is 0.565. The monoisotopic (exact) mass is 441 g/mol. The molecule has 1 amide bonds. The van der Waals surface area contributed by atoms with Gasteiger partial charge in [0.1, 0.15) is 5.82 Å². The summed E-state index contributed by atoms with van der Waals surface area (Å²) in [4.78, 5) is 18.0. The van der Waals surface area contributed by atoms with E-state index in [9.17, 15) is 4.79 Å². The number of carbonyl (C=O) groups excluding carboxylic acids is 1. The van der Waals surface area contributed by atoms with E-state index < -0.39 is 0 Å². The quantitative estimate of drug-likeness (QED) is 0.698. The van der Waals surface area contributed by atoms with Gasteiger partial charge in [-0.3, -0.25) is 4.79 Å². The molecule has 4 nitrogen and oxygen atoms in total. The van der Waals surface area contributed by atoms with E-state index in [0.29, 0.717) is 19.0 Å². The number of para-hydroxylation sites is 2. The minimum atomic E-state index is -0.0704. The summed E-state index contributed by atoms with van der Waals surface area (Å²) in [5.41, 5.74) is 2.04. The van der Waals surface area contributed by atoms with Crippen molar-refractivity contribution in [2.45, 2.75) is 51.5 Å². The number of rotatable bonds is 6. The van der Waals surface area contributed by atoms with Crippen molar-refractivity contribution in [1.29, 1.82) is 0 Å². The zero-order chi connectivity index (χ0) is 19.3. The van der Waals surface area contributed by atoms with Crippen molar-refractivity contribution in [3.8, 4) is 0 Å². The summed E-state index contributed by atoms with van der Waals surface area (Å²) in [6, 6.07) is 8.19. The van der Waals surface area contributed by atoms with Gasteiger partial charge in [-0.05, 0) is 68.4 Å². The van der Waals surface area contributed by atoms with Gasteiger partial charge < -0.3 is 9.88 Å². The molecule has 0 aliphatic heterocycles. The second-order valence-corrected chi connectivity index (χ2v) is 10.4. The molecule has 5 heteroatoms. The van der Waals surface area contributed by atoms with Gasteiger partial charge in [0.15, 0.2) is 0 Å². The van der Waals surface area contributed by atoms with E-state index in [2.05, 4.69) is 38.5 Å². The van der Waals surface area contributed by atoms with Crippen LogP contribution in [-0.2, 0) is 17.8 Å². The third-order valence-electron chi connectivity index (χ3n) is 7.22. The highest BCUT2D eigenvalue weighted by Gasteiger charge is 2.54. The molecular formula is C23H28BrN3O. The number of benzene rings is 1. The number of hydrogen-bond acceptors (Lipinski definition) is 2. The molecule has 4 aliphatic carbocycles. The van der Waals surface area contributed by atoms with Crippen molar-refractivity contribution < 1.29 is 4.79 Å². The Morgan fingerprint density at radius 1 is 1.18 bits per heavy atom. The number of fused-ring (bicyclic) bond motifs is 1. The first-order valence-electron chi connectivity index (χ1n) is 10.6. The zero-order valence-electron chi connectivity index (χ0n) is 16.3. The van der Waals surface area contributed by atoms with Crippen LogP contribution in [0.15, 0.2) is 35.3 Å². The Balaban J connectivity index is 1.28. The van der Waals surface area contributed by atoms with Crippen molar-refractivity contribution in [3.05, 3.63) is 41.2 Å². The van der Waals surface area contributed by atoms with Crippen LogP contribution in [0.5, 0.6) is 0 Å². The molecule has 4 aliphatic rings. The van der Waals surface area contributed by atoms with Crippen LogP contribution in [0.25, 0.3) is 11.0 Å². The Morgan fingerprint density at radius 2 is 1.82 bits per heavy atom. The van der Waals surface area contributed by atoms with Crippen molar-refractivity contribution in [1.82, 2.24) is 14.9 Å². The molecule has 0 unspecified atom stereocenters. The Hall–Kier alpha value is -1.62. The lowest BCUT2D eigenvalue weighted by molar-refractivity contribution is -0.146. The second-order valence-electron chi connectivity index (χ2n) is 9.32. The van der Waals surface area contributed by atoms with Crippen LogP contribution in [0.2, 0.25) is 0 Å². The van der Waals surface area contributed by atoms with E-state index in [1.165, 1.54) is 19.3 Å². The first-order valence-corrected chi connectivity index (χ1v) is 11.4. The number of aromatic nitrogens is 2. The van der Waals surface area contributed by atoms with Gasteiger partial charge in [0.25, 0.3) is 0 Å². The van der Waals surface area contributed by atoms with Gasteiger partial charge in [-0.25, -0.2) is 4.98 Å². The molecule has 1 aromatic carbocycles. The zero-order valence-corrected chi connectivity index (χ0v) is 17.9. The van der Waals surface area contributed by atoms with E-state index in [1.807, 2.05) is 18.2 Å². The molecule has 0 saturated heterocycles. The van der Waals surface area contributed by atoms with Crippen molar-refractivity contribution in [2.75, 3.05) is 6.54 Å². The van der Waals surface area contributed by atoms with Crippen LogP contribution in [0.4, 0.5) is 0 Å². The summed E-state index contributed by atoms with van der Waals surface area (Å²) in [5.74, 6) is 3.70. The molecule has 0 atom stereocenters. The lowest BCUT2D eigenvalue weighted by atomic mass is 9.49. The number of nitrogens with one attached hydrogen (secondary N) is 1. The van der Waals surface area contributed by atoms with Gasteiger partial charge in [-0.2, -0.15) is 0 Å². The highest BCUT2D eigenvalue weighted by atomic mass is 79.9. The van der Waals surface area contributed by atoms with E-state index in [0.717, 1.165) is 64.8 Å². The number of amides is 1. The van der Waals surface area contributed by atoms with Gasteiger partial charge in [0, 0.05) is 22.9 Å². The molecule has 0 spiro atoms. The van der Waals surface area contributed by atoms with Crippen LogP contribution >= 0.6 is 15.9 Å². The Labute approximate surface area is 174 Å². The summed E-state index contributed by atoms with van der Waals surface area (Å²) < 4.78 is 3.12.